The Balaban J connectivity index is 1.55. The molecular formula is C19H19N3O3. The summed E-state index contributed by atoms with van der Waals surface area (Å²) in [6, 6.07) is 14.7. The molecule has 1 aliphatic rings. The molecular weight excluding hydrogens is 318 g/mol. The average Bonchev–Trinajstić information content (AvgIpc) is 2.61. The molecule has 0 saturated heterocycles. The van der Waals surface area contributed by atoms with E-state index in [1.54, 1.807) is 24.3 Å². The van der Waals surface area contributed by atoms with Crippen LogP contribution in [0.15, 0.2) is 42.5 Å². The van der Waals surface area contributed by atoms with Gasteiger partial charge in [0.25, 0.3) is 0 Å². The van der Waals surface area contributed by atoms with E-state index in [9.17, 15) is 4.79 Å². The molecule has 0 unspecified atom stereocenters. The van der Waals surface area contributed by atoms with E-state index >= 15 is 0 Å². The van der Waals surface area contributed by atoms with Gasteiger partial charge in [-0.1, -0.05) is 12.1 Å². The van der Waals surface area contributed by atoms with E-state index in [4.69, 9.17) is 14.7 Å². The van der Waals surface area contributed by atoms with Gasteiger partial charge in [-0.2, -0.15) is 5.26 Å². The monoisotopic (exact) mass is 337 g/mol. The fourth-order valence-electron chi connectivity index (χ4n) is 2.67. The van der Waals surface area contributed by atoms with E-state index in [2.05, 4.69) is 11.4 Å². The van der Waals surface area contributed by atoms with Crippen LogP contribution < -0.4 is 14.8 Å². The molecule has 1 N–H and O–H groups in total. The third-order valence-electron chi connectivity index (χ3n) is 3.75. The summed E-state index contributed by atoms with van der Waals surface area (Å²) in [6.07, 6.45) is 0. The molecule has 0 aromatic heterocycles. The Morgan fingerprint density at radius 3 is 2.80 bits per heavy atom. The SMILES string of the molecule is CN(CC(=O)Nc1cccc(C#N)c1)Cc1ccc2c(c1)OCCO2. The second-order valence-electron chi connectivity index (χ2n) is 5.89. The first-order valence-electron chi connectivity index (χ1n) is 8.01. The molecule has 2 aromatic carbocycles. The van der Waals surface area contributed by atoms with E-state index in [0.29, 0.717) is 31.0 Å². The van der Waals surface area contributed by atoms with Crippen molar-refractivity contribution in [3.05, 3.63) is 53.6 Å². The van der Waals surface area contributed by atoms with Crippen molar-refractivity contribution >= 4 is 11.6 Å². The molecule has 0 atom stereocenters. The first-order chi connectivity index (χ1) is 12.1. The van der Waals surface area contributed by atoms with Gasteiger partial charge in [-0.05, 0) is 42.9 Å². The largest absolute Gasteiger partial charge is 0.486 e. The number of ether oxygens (including phenoxy) is 2. The number of hydrogen-bond donors (Lipinski definition) is 1. The lowest BCUT2D eigenvalue weighted by atomic mass is 10.2. The number of amides is 1. The lowest BCUT2D eigenvalue weighted by molar-refractivity contribution is -0.117. The standard InChI is InChI=1S/C19H19N3O3/c1-22(12-15-5-6-17-18(10-15)25-8-7-24-17)13-19(23)21-16-4-2-3-14(9-16)11-20/h2-6,9-10H,7-8,12-13H2,1H3,(H,21,23). The van der Waals surface area contributed by atoms with Crippen LogP contribution in [0.1, 0.15) is 11.1 Å². The molecule has 0 aliphatic carbocycles. The van der Waals surface area contributed by atoms with Crippen molar-refractivity contribution in [3.8, 4) is 17.6 Å². The molecule has 0 radical (unpaired) electrons. The molecule has 0 fully saturated rings. The van der Waals surface area contributed by atoms with Crippen LogP contribution in [0.25, 0.3) is 0 Å². The Kier molecular flexibility index (Phi) is 5.17. The van der Waals surface area contributed by atoms with Gasteiger partial charge in [-0.3, -0.25) is 9.69 Å². The minimum atomic E-state index is -0.130. The quantitative estimate of drug-likeness (QED) is 0.907. The van der Waals surface area contributed by atoms with Crippen LogP contribution in [-0.2, 0) is 11.3 Å². The number of fused-ring (bicyclic) bond motifs is 1. The van der Waals surface area contributed by atoms with Crippen LogP contribution in [0.2, 0.25) is 0 Å². The first kappa shape index (κ1) is 16.8. The molecule has 0 saturated carbocycles. The molecule has 0 bridgehead atoms. The molecule has 6 heteroatoms. The van der Waals surface area contributed by atoms with Crippen molar-refractivity contribution in [2.75, 3.05) is 32.1 Å². The zero-order valence-corrected chi connectivity index (χ0v) is 14.0. The van der Waals surface area contributed by atoms with Gasteiger partial charge in [0.1, 0.15) is 13.2 Å². The number of likely N-dealkylation sites (N-methyl/N-ethyl adjacent to an activating group) is 1. The van der Waals surface area contributed by atoms with Crippen LogP contribution >= 0.6 is 0 Å². The predicted molar refractivity (Wildman–Crippen MR) is 93.6 cm³/mol. The minimum Gasteiger partial charge on any atom is -0.486 e. The Labute approximate surface area is 146 Å². The van der Waals surface area contributed by atoms with Gasteiger partial charge in [-0.15, -0.1) is 0 Å². The molecule has 3 rings (SSSR count). The summed E-state index contributed by atoms with van der Waals surface area (Å²) in [4.78, 5) is 14.1. The second-order valence-corrected chi connectivity index (χ2v) is 5.89. The van der Waals surface area contributed by atoms with E-state index < -0.39 is 0 Å². The Bertz CT molecular complexity index is 814. The van der Waals surface area contributed by atoms with Crippen molar-refractivity contribution < 1.29 is 14.3 Å². The maximum atomic E-state index is 12.2. The van der Waals surface area contributed by atoms with Crippen molar-refractivity contribution in [1.82, 2.24) is 4.90 Å². The molecule has 2 aromatic rings. The maximum Gasteiger partial charge on any atom is 0.238 e. The fraction of sp³-hybridized carbons (Fsp3) is 0.263. The summed E-state index contributed by atoms with van der Waals surface area (Å²) >= 11 is 0. The summed E-state index contributed by atoms with van der Waals surface area (Å²) in [6.45, 7) is 1.98. The van der Waals surface area contributed by atoms with E-state index in [-0.39, 0.29) is 12.5 Å². The lowest BCUT2D eigenvalue weighted by Crippen LogP contribution is -2.29. The summed E-state index contributed by atoms with van der Waals surface area (Å²) in [5.41, 5.74) is 2.19. The lowest BCUT2D eigenvalue weighted by Gasteiger charge is -2.21. The van der Waals surface area contributed by atoms with Gasteiger partial charge in [0.05, 0.1) is 18.2 Å². The van der Waals surface area contributed by atoms with Crippen molar-refractivity contribution in [2.45, 2.75) is 6.54 Å². The fourth-order valence-corrected chi connectivity index (χ4v) is 2.67. The van der Waals surface area contributed by atoms with Crippen LogP contribution in [0, 0.1) is 11.3 Å². The Morgan fingerprint density at radius 2 is 2.00 bits per heavy atom. The smallest absolute Gasteiger partial charge is 0.238 e. The van der Waals surface area contributed by atoms with Gasteiger partial charge in [0.2, 0.25) is 5.91 Å². The highest BCUT2D eigenvalue weighted by Crippen LogP contribution is 2.31. The molecule has 1 amide bonds. The number of nitrogens with one attached hydrogen (secondary N) is 1. The minimum absolute atomic E-state index is 0.130. The highest BCUT2D eigenvalue weighted by molar-refractivity contribution is 5.92. The third kappa shape index (κ3) is 4.49. The zero-order chi connectivity index (χ0) is 17.6. The Hall–Kier alpha value is -3.04. The normalized spacial score (nSPS) is 12.5. The van der Waals surface area contributed by atoms with Gasteiger partial charge in [0.15, 0.2) is 11.5 Å². The van der Waals surface area contributed by atoms with E-state index in [1.807, 2.05) is 30.1 Å². The molecule has 0 spiro atoms. The number of nitrogens with zero attached hydrogens (tertiary/aromatic N) is 2. The molecule has 25 heavy (non-hydrogen) atoms. The van der Waals surface area contributed by atoms with Crippen LogP contribution in [-0.4, -0.2) is 37.6 Å². The summed E-state index contributed by atoms with van der Waals surface area (Å²) in [7, 11) is 1.88. The average molecular weight is 337 g/mol. The predicted octanol–water partition coefficient (Wildman–Crippen LogP) is 2.40. The maximum absolute atomic E-state index is 12.2. The van der Waals surface area contributed by atoms with Gasteiger partial charge in [0, 0.05) is 12.2 Å². The summed E-state index contributed by atoms with van der Waals surface area (Å²) in [5.74, 6) is 1.37. The first-order valence-corrected chi connectivity index (χ1v) is 8.01. The number of hydrogen-bond acceptors (Lipinski definition) is 5. The third-order valence-corrected chi connectivity index (χ3v) is 3.75. The van der Waals surface area contributed by atoms with Crippen molar-refractivity contribution in [3.63, 3.8) is 0 Å². The van der Waals surface area contributed by atoms with E-state index in [0.717, 1.165) is 17.1 Å². The van der Waals surface area contributed by atoms with Gasteiger partial charge >= 0.3 is 0 Å². The number of anilines is 1. The molecule has 1 heterocycles. The summed E-state index contributed by atoms with van der Waals surface area (Å²) < 4.78 is 11.1. The summed E-state index contributed by atoms with van der Waals surface area (Å²) in [5, 5.41) is 11.7. The van der Waals surface area contributed by atoms with Crippen LogP contribution in [0.5, 0.6) is 11.5 Å². The highest BCUT2D eigenvalue weighted by atomic mass is 16.6. The highest BCUT2D eigenvalue weighted by Gasteiger charge is 2.13. The number of benzene rings is 2. The zero-order valence-electron chi connectivity index (χ0n) is 14.0. The van der Waals surface area contributed by atoms with Crippen molar-refractivity contribution in [2.24, 2.45) is 0 Å². The van der Waals surface area contributed by atoms with Gasteiger partial charge in [-0.25, -0.2) is 0 Å². The van der Waals surface area contributed by atoms with Gasteiger partial charge < -0.3 is 14.8 Å². The molecule has 6 nitrogen and oxygen atoms in total. The number of carbonyl (C=O) groups is 1. The molecule has 1 aliphatic heterocycles. The Morgan fingerprint density at radius 1 is 1.20 bits per heavy atom. The van der Waals surface area contributed by atoms with Crippen molar-refractivity contribution in [1.29, 1.82) is 5.26 Å². The van der Waals surface area contributed by atoms with Crippen LogP contribution in [0.3, 0.4) is 0 Å². The number of carbonyl (C=O) groups excluding carboxylic acids is 1. The topological polar surface area (TPSA) is 74.6 Å². The number of nitriles is 1. The number of rotatable bonds is 5. The van der Waals surface area contributed by atoms with Crippen LogP contribution in [0.4, 0.5) is 5.69 Å². The van der Waals surface area contributed by atoms with E-state index in [1.165, 1.54) is 0 Å². The second kappa shape index (κ2) is 7.69. The molecule has 128 valence electrons.